The van der Waals surface area contributed by atoms with Gasteiger partial charge in [-0.05, 0) is 79.2 Å². The van der Waals surface area contributed by atoms with Gasteiger partial charge in [-0.1, -0.05) is 18.2 Å². The molecule has 0 bridgehead atoms. The number of hydrogen-bond acceptors (Lipinski definition) is 5. The lowest BCUT2D eigenvalue weighted by molar-refractivity contribution is 0.0691. The standard InChI is InChI=1S/C28H30N2O4S/c1-33-21-8-9-26-24(17-21)25(19-30(26)18-22-5-4-16-35-22)20-10-12-29(13-11-20)14-15-34-27-7-3-2-6-23(27)28(31)32/h2-9,16-17,19-20H,10-15,18H2,1H3,(H,31,32). The van der Waals surface area contributed by atoms with E-state index in [1.807, 2.05) is 6.07 Å². The SMILES string of the molecule is COc1ccc2c(c1)c(C1CCN(CCOc3ccccc3C(=O)O)CC1)cn2Cc1cccs1. The Morgan fingerprint density at radius 1 is 1.11 bits per heavy atom. The van der Waals surface area contributed by atoms with Gasteiger partial charge < -0.3 is 19.1 Å². The molecule has 0 amide bonds. The zero-order valence-electron chi connectivity index (χ0n) is 19.9. The number of aromatic nitrogens is 1. The van der Waals surface area contributed by atoms with E-state index in [9.17, 15) is 9.90 Å². The number of likely N-dealkylation sites (tertiary alicyclic amines) is 1. The Balaban J connectivity index is 1.24. The number of ether oxygens (including phenoxy) is 2. The highest BCUT2D eigenvalue weighted by molar-refractivity contribution is 7.09. The summed E-state index contributed by atoms with van der Waals surface area (Å²) in [7, 11) is 1.72. The topological polar surface area (TPSA) is 63.9 Å². The maximum Gasteiger partial charge on any atom is 0.339 e. The Morgan fingerprint density at radius 3 is 2.69 bits per heavy atom. The van der Waals surface area contributed by atoms with Crippen LogP contribution >= 0.6 is 11.3 Å². The quantitative estimate of drug-likeness (QED) is 0.325. The lowest BCUT2D eigenvalue weighted by Crippen LogP contribution is -2.35. The molecular formula is C28H30N2O4S. The van der Waals surface area contributed by atoms with Crippen molar-refractivity contribution in [3.8, 4) is 11.5 Å². The number of para-hydroxylation sites is 1. The van der Waals surface area contributed by atoms with E-state index in [0.717, 1.165) is 44.8 Å². The number of carboxylic acids is 1. The van der Waals surface area contributed by atoms with Crippen LogP contribution in [0.1, 0.15) is 39.6 Å². The molecule has 0 spiro atoms. The number of hydrogen-bond donors (Lipinski definition) is 1. The van der Waals surface area contributed by atoms with Crippen LogP contribution in [0.2, 0.25) is 0 Å². The molecule has 182 valence electrons. The number of nitrogens with zero attached hydrogens (tertiary/aromatic N) is 2. The third-order valence-corrected chi connectivity index (χ3v) is 7.70. The first kappa shape index (κ1) is 23.5. The van der Waals surface area contributed by atoms with E-state index in [4.69, 9.17) is 9.47 Å². The molecule has 1 fully saturated rings. The third kappa shape index (κ3) is 5.21. The van der Waals surface area contributed by atoms with Crippen molar-refractivity contribution < 1.29 is 19.4 Å². The molecule has 1 saturated heterocycles. The van der Waals surface area contributed by atoms with Gasteiger partial charge in [-0.3, -0.25) is 4.90 Å². The fraction of sp³-hybridized carbons (Fsp3) is 0.321. The first-order valence-electron chi connectivity index (χ1n) is 12.0. The number of aromatic carboxylic acids is 1. The van der Waals surface area contributed by atoms with Crippen molar-refractivity contribution in [2.45, 2.75) is 25.3 Å². The Bertz CT molecular complexity index is 1290. The maximum atomic E-state index is 11.4. The van der Waals surface area contributed by atoms with E-state index in [2.05, 4.69) is 45.3 Å². The van der Waals surface area contributed by atoms with Crippen LogP contribution in [0.15, 0.2) is 66.2 Å². The van der Waals surface area contributed by atoms with Crippen molar-refractivity contribution in [3.63, 3.8) is 0 Å². The molecule has 1 aliphatic heterocycles. The molecule has 0 unspecified atom stereocenters. The summed E-state index contributed by atoms with van der Waals surface area (Å²) >= 11 is 1.79. The van der Waals surface area contributed by atoms with Crippen LogP contribution in [0.5, 0.6) is 11.5 Å². The number of fused-ring (bicyclic) bond motifs is 1. The van der Waals surface area contributed by atoms with Gasteiger partial charge in [0.1, 0.15) is 23.7 Å². The zero-order valence-corrected chi connectivity index (χ0v) is 20.7. The summed E-state index contributed by atoms with van der Waals surface area (Å²) in [6.45, 7) is 4.14. The molecule has 0 saturated carbocycles. The number of carbonyl (C=O) groups is 1. The monoisotopic (exact) mass is 490 g/mol. The van der Waals surface area contributed by atoms with Gasteiger partial charge in [0.2, 0.25) is 0 Å². The molecular weight excluding hydrogens is 460 g/mol. The fourth-order valence-corrected chi connectivity index (χ4v) is 5.68. The summed E-state index contributed by atoms with van der Waals surface area (Å²) in [6, 6.07) is 17.5. The Morgan fingerprint density at radius 2 is 1.94 bits per heavy atom. The van der Waals surface area contributed by atoms with E-state index in [0.29, 0.717) is 18.3 Å². The van der Waals surface area contributed by atoms with Gasteiger partial charge in [-0.25, -0.2) is 4.79 Å². The van der Waals surface area contributed by atoms with Crippen LogP contribution in [-0.4, -0.2) is 53.9 Å². The summed E-state index contributed by atoms with van der Waals surface area (Å²) in [5.41, 5.74) is 2.87. The third-order valence-electron chi connectivity index (χ3n) is 6.84. The van der Waals surface area contributed by atoms with Gasteiger partial charge in [0.05, 0.1) is 13.7 Å². The summed E-state index contributed by atoms with van der Waals surface area (Å²) in [6.07, 6.45) is 4.51. The molecule has 2 aromatic carbocycles. The van der Waals surface area contributed by atoms with Crippen molar-refractivity contribution in [1.82, 2.24) is 9.47 Å². The molecule has 2 aromatic heterocycles. The molecule has 7 heteroatoms. The van der Waals surface area contributed by atoms with Crippen LogP contribution in [0, 0.1) is 0 Å². The minimum Gasteiger partial charge on any atom is -0.497 e. The van der Waals surface area contributed by atoms with Crippen molar-refractivity contribution >= 4 is 28.2 Å². The van der Waals surface area contributed by atoms with E-state index in [1.54, 1.807) is 42.7 Å². The Kier molecular flexibility index (Phi) is 7.06. The number of piperidine rings is 1. The average Bonchev–Trinajstić information content (AvgIpc) is 3.53. The smallest absolute Gasteiger partial charge is 0.339 e. The highest BCUT2D eigenvalue weighted by Crippen LogP contribution is 2.36. The average molecular weight is 491 g/mol. The number of benzene rings is 2. The fourth-order valence-electron chi connectivity index (χ4n) is 4.98. The van der Waals surface area contributed by atoms with E-state index in [-0.39, 0.29) is 5.56 Å². The normalized spacial score (nSPS) is 14.9. The molecule has 1 aliphatic rings. The van der Waals surface area contributed by atoms with Gasteiger partial charge in [0, 0.05) is 28.5 Å². The van der Waals surface area contributed by atoms with Gasteiger partial charge >= 0.3 is 5.97 Å². The predicted octanol–water partition coefficient (Wildman–Crippen LogP) is 5.72. The number of thiophene rings is 1. The molecule has 0 atom stereocenters. The van der Waals surface area contributed by atoms with Crippen LogP contribution in [0.25, 0.3) is 10.9 Å². The molecule has 35 heavy (non-hydrogen) atoms. The van der Waals surface area contributed by atoms with Crippen molar-refractivity contribution in [1.29, 1.82) is 0 Å². The van der Waals surface area contributed by atoms with Crippen LogP contribution < -0.4 is 9.47 Å². The molecule has 4 aromatic rings. The highest BCUT2D eigenvalue weighted by atomic mass is 32.1. The number of methoxy groups -OCH3 is 1. The number of rotatable bonds is 9. The van der Waals surface area contributed by atoms with E-state index >= 15 is 0 Å². The Labute approximate surface area is 209 Å². The largest absolute Gasteiger partial charge is 0.497 e. The van der Waals surface area contributed by atoms with Gasteiger partial charge in [-0.15, -0.1) is 11.3 Å². The van der Waals surface area contributed by atoms with Gasteiger partial charge in [-0.2, -0.15) is 0 Å². The second kappa shape index (κ2) is 10.5. The van der Waals surface area contributed by atoms with E-state index < -0.39 is 5.97 Å². The van der Waals surface area contributed by atoms with Crippen LogP contribution in [0.4, 0.5) is 0 Å². The zero-order chi connectivity index (χ0) is 24.2. The first-order valence-corrected chi connectivity index (χ1v) is 12.9. The molecule has 6 nitrogen and oxygen atoms in total. The number of carboxylic acid groups (broad SMARTS) is 1. The lowest BCUT2D eigenvalue weighted by atomic mass is 9.89. The highest BCUT2D eigenvalue weighted by Gasteiger charge is 2.24. The summed E-state index contributed by atoms with van der Waals surface area (Å²) in [5.74, 6) is 0.863. The Hall–Kier alpha value is -3.29. The summed E-state index contributed by atoms with van der Waals surface area (Å²) in [5, 5.41) is 12.7. The minimum absolute atomic E-state index is 0.209. The lowest BCUT2D eigenvalue weighted by Gasteiger charge is -2.31. The van der Waals surface area contributed by atoms with Gasteiger partial charge in [0.25, 0.3) is 0 Å². The van der Waals surface area contributed by atoms with Crippen LogP contribution in [0.3, 0.4) is 0 Å². The molecule has 1 N–H and O–H groups in total. The molecule has 0 aliphatic carbocycles. The predicted molar refractivity (Wildman–Crippen MR) is 139 cm³/mol. The van der Waals surface area contributed by atoms with E-state index in [1.165, 1.54) is 21.3 Å². The minimum atomic E-state index is -0.962. The molecule has 5 rings (SSSR count). The maximum absolute atomic E-state index is 11.4. The molecule has 0 radical (unpaired) electrons. The second-order valence-electron chi connectivity index (χ2n) is 8.94. The first-order chi connectivity index (χ1) is 17.1. The summed E-state index contributed by atoms with van der Waals surface area (Å²) in [4.78, 5) is 15.1. The van der Waals surface area contributed by atoms with Crippen molar-refractivity contribution in [3.05, 3.63) is 82.2 Å². The summed E-state index contributed by atoms with van der Waals surface area (Å²) < 4.78 is 13.7. The molecule has 3 heterocycles. The van der Waals surface area contributed by atoms with Crippen molar-refractivity contribution in [2.75, 3.05) is 33.4 Å². The van der Waals surface area contributed by atoms with Crippen LogP contribution in [-0.2, 0) is 6.54 Å². The van der Waals surface area contributed by atoms with Gasteiger partial charge in [0.15, 0.2) is 0 Å². The second-order valence-corrected chi connectivity index (χ2v) is 9.97. The van der Waals surface area contributed by atoms with Crippen molar-refractivity contribution in [2.24, 2.45) is 0 Å².